The van der Waals surface area contributed by atoms with Crippen molar-refractivity contribution < 1.29 is 9.59 Å². The molecule has 3 amide bonds. The monoisotopic (exact) mass is 254 g/mol. The lowest BCUT2D eigenvalue weighted by molar-refractivity contribution is -0.135. The van der Waals surface area contributed by atoms with Gasteiger partial charge in [-0.1, -0.05) is 20.3 Å². The van der Waals surface area contributed by atoms with E-state index in [0.717, 1.165) is 6.42 Å². The van der Waals surface area contributed by atoms with Gasteiger partial charge in [0.25, 0.3) is 0 Å². The summed E-state index contributed by atoms with van der Waals surface area (Å²) in [6, 6.07) is -0.329. The molecule has 0 aromatic heterocycles. The molecule has 0 radical (unpaired) electrons. The van der Waals surface area contributed by atoms with Gasteiger partial charge in [-0.2, -0.15) is 0 Å². The van der Waals surface area contributed by atoms with Gasteiger partial charge in [-0.25, -0.2) is 4.79 Å². The van der Waals surface area contributed by atoms with E-state index in [4.69, 9.17) is 5.73 Å². The van der Waals surface area contributed by atoms with Crippen LogP contribution in [0.25, 0.3) is 0 Å². The summed E-state index contributed by atoms with van der Waals surface area (Å²) in [6.45, 7) is 6.46. The number of piperazine rings is 1. The van der Waals surface area contributed by atoms with Crippen molar-refractivity contribution in [1.82, 2.24) is 15.1 Å². The third kappa shape index (κ3) is 2.29. The number of carbonyl (C=O) groups excluding carboxylic acids is 2. The highest BCUT2D eigenvalue weighted by Crippen LogP contribution is 2.16. The highest BCUT2D eigenvalue weighted by atomic mass is 16.2. The third-order valence-corrected chi connectivity index (χ3v) is 4.09. The predicted molar refractivity (Wildman–Crippen MR) is 67.9 cm³/mol. The lowest BCUT2D eigenvalue weighted by atomic mass is 9.98. The third-order valence-electron chi connectivity index (χ3n) is 4.09. The standard InChI is InChI=1S/C12H22N4O2/c1-3-8(2)10(13)11(17)15-4-5-16-9(7-15)6-14-12(16)18/h8-10H,3-7,13H2,1-2H3,(H,14,18)/t8-,9?,10-/m0/s1. The Morgan fingerprint density at radius 3 is 2.94 bits per heavy atom. The molecule has 3 N–H and O–H groups in total. The van der Waals surface area contributed by atoms with Gasteiger partial charge in [-0.3, -0.25) is 4.79 Å². The first-order chi connectivity index (χ1) is 8.54. The van der Waals surface area contributed by atoms with Crippen LogP contribution in [0, 0.1) is 5.92 Å². The average molecular weight is 254 g/mol. The molecule has 2 fully saturated rings. The Balaban J connectivity index is 1.95. The van der Waals surface area contributed by atoms with Gasteiger partial charge in [0.05, 0.1) is 12.1 Å². The van der Waals surface area contributed by atoms with E-state index in [1.807, 2.05) is 13.8 Å². The molecule has 0 spiro atoms. The smallest absolute Gasteiger partial charge is 0.317 e. The number of hydrogen-bond donors (Lipinski definition) is 2. The lowest BCUT2D eigenvalue weighted by Crippen LogP contribution is -2.57. The van der Waals surface area contributed by atoms with Gasteiger partial charge in [0, 0.05) is 26.2 Å². The first-order valence-electron chi connectivity index (χ1n) is 6.63. The van der Waals surface area contributed by atoms with E-state index in [1.165, 1.54) is 0 Å². The van der Waals surface area contributed by atoms with Gasteiger partial charge in [0.1, 0.15) is 0 Å². The molecule has 2 rings (SSSR count). The number of carbonyl (C=O) groups is 2. The molecule has 0 aromatic carbocycles. The van der Waals surface area contributed by atoms with E-state index >= 15 is 0 Å². The Kier molecular flexibility index (Phi) is 3.75. The summed E-state index contributed by atoms with van der Waals surface area (Å²) in [6.07, 6.45) is 0.899. The highest BCUT2D eigenvalue weighted by molar-refractivity contribution is 5.83. The van der Waals surface area contributed by atoms with Crippen LogP contribution < -0.4 is 11.1 Å². The normalized spacial score (nSPS) is 26.6. The van der Waals surface area contributed by atoms with Gasteiger partial charge >= 0.3 is 6.03 Å². The highest BCUT2D eigenvalue weighted by Gasteiger charge is 2.38. The van der Waals surface area contributed by atoms with Gasteiger partial charge in [0.15, 0.2) is 0 Å². The summed E-state index contributed by atoms with van der Waals surface area (Å²) in [5.41, 5.74) is 5.98. The molecular weight excluding hydrogens is 232 g/mol. The van der Waals surface area contributed by atoms with E-state index in [1.54, 1.807) is 9.80 Å². The summed E-state index contributed by atoms with van der Waals surface area (Å²) in [4.78, 5) is 27.3. The topological polar surface area (TPSA) is 78.7 Å². The molecule has 0 bridgehead atoms. The van der Waals surface area contributed by atoms with Crippen LogP contribution in [-0.2, 0) is 4.79 Å². The average Bonchev–Trinajstić information content (AvgIpc) is 2.77. The molecule has 0 aromatic rings. The summed E-state index contributed by atoms with van der Waals surface area (Å²) < 4.78 is 0. The molecule has 6 heteroatoms. The second kappa shape index (κ2) is 5.14. The van der Waals surface area contributed by atoms with Crippen molar-refractivity contribution >= 4 is 11.9 Å². The van der Waals surface area contributed by atoms with Crippen LogP contribution in [0.2, 0.25) is 0 Å². The van der Waals surface area contributed by atoms with Crippen molar-refractivity contribution in [2.75, 3.05) is 26.2 Å². The fourth-order valence-corrected chi connectivity index (χ4v) is 2.51. The summed E-state index contributed by atoms with van der Waals surface area (Å²) in [7, 11) is 0. The van der Waals surface area contributed by atoms with Crippen molar-refractivity contribution in [3.8, 4) is 0 Å². The molecule has 6 nitrogen and oxygen atoms in total. The Morgan fingerprint density at radius 2 is 2.28 bits per heavy atom. The van der Waals surface area contributed by atoms with Crippen LogP contribution in [0.5, 0.6) is 0 Å². The number of nitrogens with zero attached hydrogens (tertiary/aromatic N) is 2. The van der Waals surface area contributed by atoms with Crippen LogP contribution in [0.15, 0.2) is 0 Å². The maximum atomic E-state index is 12.2. The second-order valence-electron chi connectivity index (χ2n) is 5.23. The van der Waals surface area contributed by atoms with Crippen molar-refractivity contribution in [3.05, 3.63) is 0 Å². The number of urea groups is 1. The fourth-order valence-electron chi connectivity index (χ4n) is 2.51. The molecule has 2 aliphatic heterocycles. The SMILES string of the molecule is CC[C@H](C)[C@H](N)C(=O)N1CCN2C(=O)NCC2C1. The summed E-state index contributed by atoms with van der Waals surface area (Å²) >= 11 is 0. The Hall–Kier alpha value is -1.30. The van der Waals surface area contributed by atoms with Gasteiger partial charge < -0.3 is 20.9 Å². The number of hydrogen-bond acceptors (Lipinski definition) is 3. The van der Waals surface area contributed by atoms with Crippen LogP contribution in [0.1, 0.15) is 20.3 Å². The van der Waals surface area contributed by atoms with Gasteiger partial charge in [-0.05, 0) is 5.92 Å². The molecule has 3 atom stereocenters. The number of nitrogens with two attached hydrogens (primary N) is 1. The largest absolute Gasteiger partial charge is 0.337 e. The molecule has 18 heavy (non-hydrogen) atoms. The number of nitrogens with one attached hydrogen (secondary N) is 1. The van der Waals surface area contributed by atoms with E-state index in [2.05, 4.69) is 5.32 Å². The number of amides is 3. The van der Waals surface area contributed by atoms with Gasteiger partial charge in [-0.15, -0.1) is 0 Å². The molecule has 0 saturated carbocycles. The first kappa shape index (κ1) is 13.1. The fraction of sp³-hybridized carbons (Fsp3) is 0.833. The van der Waals surface area contributed by atoms with E-state index in [0.29, 0.717) is 26.2 Å². The Bertz CT molecular complexity index is 347. The van der Waals surface area contributed by atoms with Crippen LogP contribution in [0.3, 0.4) is 0 Å². The molecule has 2 aliphatic rings. The maximum Gasteiger partial charge on any atom is 0.317 e. The molecule has 102 valence electrons. The van der Waals surface area contributed by atoms with Crippen LogP contribution in [-0.4, -0.2) is 60.0 Å². The quantitative estimate of drug-likeness (QED) is 0.719. The maximum absolute atomic E-state index is 12.2. The molecule has 2 heterocycles. The van der Waals surface area contributed by atoms with Crippen molar-refractivity contribution in [2.24, 2.45) is 11.7 Å². The molecule has 2 saturated heterocycles. The minimum Gasteiger partial charge on any atom is -0.337 e. The molecule has 1 unspecified atom stereocenters. The Labute approximate surface area is 107 Å². The second-order valence-corrected chi connectivity index (χ2v) is 5.23. The zero-order valence-electron chi connectivity index (χ0n) is 11.1. The minimum atomic E-state index is -0.424. The molecular formula is C12H22N4O2. The summed E-state index contributed by atoms with van der Waals surface area (Å²) in [5.74, 6) is 0.210. The van der Waals surface area contributed by atoms with Crippen molar-refractivity contribution in [2.45, 2.75) is 32.4 Å². The lowest BCUT2D eigenvalue weighted by Gasteiger charge is -2.38. The predicted octanol–water partition coefficient (Wildman–Crippen LogP) is -0.404. The number of rotatable bonds is 3. The Morgan fingerprint density at radius 1 is 1.56 bits per heavy atom. The zero-order valence-corrected chi connectivity index (χ0v) is 11.1. The van der Waals surface area contributed by atoms with Crippen LogP contribution in [0.4, 0.5) is 4.79 Å². The van der Waals surface area contributed by atoms with Crippen molar-refractivity contribution in [1.29, 1.82) is 0 Å². The molecule has 0 aliphatic carbocycles. The zero-order chi connectivity index (χ0) is 13.3. The van der Waals surface area contributed by atoms with Crippen LogP contribution >= 0.6 is 0 Å². The minimum absolute atomic E-state index is 0.0154. The van der Waals surface area contributed by atoms with Crippen molar-refractivity contribution in [3.63, 3.8) is 0 Å². The summed E-state index contributed by atoms with van der Waals surface area (Å²) in [5, 5.41) is 2.80. The first-order valence-corrected chi connectivity index (χ1v) is 6.63. The number of fused-ring (bicyclic) bond motifs is 1. The van der Waals surface area contributed by atoms with Gasteiger partial charge in [0.2, 0.25) is 5.91 Å². The van der Waals surface area contributed by atoms with E-state index in [-0.39, 0.29) is 23.9 Å². The van der Waals surface area contributed by atoms with E-state index in [9.17, 15) is 9.59 Å². The van der Waals surface area contributed by atoms with E-state index < -0.39 is 6.04 Å².